The van der Waals surface area contributed by atoms with E-state index in [9.17, 15) is 4.79 Å². The highest BCUT2D eigenvalue weighted by atomic mass is 16.5. The second-order valence-electron chi connectivity index (χ2n) is 5.39. The van der Waals surface area contributed by atoms with E-state index in [4.69, 9.17) is 14.2 Å². The SMILES string of the molecule is CCc1cccc(NC(=O)COc2c(OC)cc(C)cc2OC)c1. The van der Waals surface area contributed by atoms with Gasteiger partial charge in [-0.1, -0.05) is 19.1 Å². The summed E-state index contributed by atoms with van der Waals surface area (Å²) in [5.74, 6) is 1.25. The zero-order chi connectivity index (χ0) is 17.5. The fourth-order valence-corrected chi connectivity index (χ4v) is 2.36. The number of hydrogen-bond acceptors (Lipinski definition) is 4. The third-order valence-electron chi connectivity index (χ3n) is 3.57. The highest BCUT2D eigenvalue weighted by Gasteiger charge is 2.14. The molecule has 0 aromatic heterocycles. The van der Waals surface area contributed by atoms with Crippen LogP contribution in [0.15, 0.2) is 36.4 Å². The van der Waals surface area contributed by atoms with E-state index in [1.807, 2.05) is 43.3 Å². The van der Waals surface area contributed by atoms with Gasteiger partial charge in [0.2, 0.25) is 5.75 Å². The van der Waals surface area contributed by atoms with Crippen molar-refractivity contribution in [3.63, 3.8) is 0 Å². The molecule has 2 aromatic rings. The van der Waals surface area contributed by atoms with Gasteiger partial charge in [-0.25, -0.2) is 0 Å². The van der Waals surface area contributed by atoms with Crippen LogP contribution in [0.1, 0.15) is 18.1 Å². The minimum absolute atomic E-state index is 0.133. The molecule has 0 saturated carbocycles. The van der Waals surface area contributed by atoms with Crippen LogP contribution in [0.25, 0.3) is 0 Å². The van der Waals surface area contributed by atoms with E-state index in [1.54, 1.807) is 14.2 Å². The van der Waals surface area contributed by atoms with Gasteiger partial charge in [0.15, 0.2) is 18.1 Å². The maximum atomic E-state index is 12.1. The lowest BCUT2D eigenvalue weighted by molar-refractivity contribution is -0.118. The fourth-order valence-electron chi connectivity index (χ4n) is 2.36. The lowest BCUT2D eigenvalue weighted by Gasteiger charge is -2.15. The molecule has 0 aliphatic heterocycles. The second kappa shape index (κ2) is 8.24. The monoisotopic (exact) mass is 329 g/mol. The number of anilines is 1. The van der Waals surface area contributed by atoms with Gasteiger partial charge in [-0.3, -0.25) is 4.79 Å². The molecule has 0 heterocycles. The average molecular weight is 329 g/mol. The Bertz CT molecular complexity index is 687. The molecule has 128 valence electrons. The maximum absolute atomic E-state index is 12.1. The topological polar surface area (TPSA) is 56.8 Å². The Labute approximate surface area is 142 Å². The van der Waals surface area contributed by atoms with E-state index in [1.165, 1.54) is 0 Å². The van der Waals surface area contributed by atoms with Crippen molar-refractivity contribution in [1.82, 2.24) is 0 Å². The Morgan fingerprint density at radius 2 is 1.75 bits per heavy atom. The molecule has 0 spiro atoms. The number of nitrogens with one attached hydrogen (secondary N) is 1. The molecule has 1 amide bonds. The van der Waals surface area contributed by atoms with Gasteiger partial charge in [0.05, 0.1) is 14.2 Å². The van der Waals surface area contributed by atoms with E-state index in [2.05, 4.69) is 12.2 Å². The van der Waals surface area contributed by atoms with Crippen LogP contribution in [0.3, 0.4) is 0 Å². The summed E-state index contributed by atoms with van der Waals surface area (Å²) in [4.78, 5) is 12.1. The molecule has 0 unspecified atom stereocenters. The van der Waals surface area contributed by atoms with Crippen molar-refractivity contribution in [2.45, 2.75) is 20.3 Å². The fraction of sp³-hybridized carbons (Fsp3) is 0.316. The molecular formula is C19H23NO4. The van der Waals surface area contributed by atoms with Crippen LogP contribution in [0.2, 0.25) is 0 Å². The Morgan fingerprint density at radius 3 is 2.33 bits per heavy atom. The van der Waals surface area contributed by atoms with Crippen LogP contribution < -0.4 is 19.5 Å². The lowest BCUT2D eigenvalue weighted by atomic mass is 10.1. The molecule has 1 N–H and O–H groups in total. The van der Waals surface area contributed by atoms with Gasteiger partial charge >= 0.3 is 0 Å². The summed E-state index contributed by atoms with van der Waals surface area (Å²) in [6.07, 6.45) is 0.915. The standard InChI is InChI=1S/C19H23NO4/c1-5-14-7-6-8-15(11-14)20-18(21)12-24-19-16(22-3)9-13(2)10-17(19)23-4/h6-11H,5,12H2,1-4H3,(H,20,21). The molecule has 0 aliphatic rings. The summed E-state index contributed by atoms with van der Waals surface area (Å²) in [5, 5.41) is 2.83. The molecule has 0 fully saturated rings. The molecule has 0 saturated heterocycles. The Balaban J connectivity index is 2.06. The zero-order valence-electron chi connectivity index (χ0n) is 14.5. The molecular weight excluding hydrogens is 306 g/mol. The van der Waals surface area contributed by atoms with Crippen molar-refractivity contribution in [2.75, 3.05) is 26.1 Å². The molecule has 0 aliphatic carbocycles. The Morgan fingerprint density at radius 1 is 1.08 bits per heavy atom. The molecule has 24 heavy (non-hydrogen) atoms. The number of aryl methyl sites for hydroxylation is 2. The van der Waals surface area contributed by atoms with Gasteiger partial charge in [-0.2, -0.15) is 0 Å². The minimum Gasteiger partial charge on any atom is -0.493 e. The number of carbonyl (C=O) groups is 1. The molecule has 0 atom stereocenters. The van der Waals surface area contributed by atoms with Crippen LogP contribution in [0.5, 0.6) is 17.2 Å². The summed E-state index contributed by atoms with van der Waals surface area (Å²) < 4.78 is 16.3. The van der Waals surface area contributed by atoms with Gasteiger partial charge in [0, 0.05) is 5.69 Å². The number of hydrogen-bond donors (Lipinski definition) is 1. The van der Waals surface area contributed by atoms with E-state index in [0.29, 0.717) is 17.2 Å². The van der Waals surface area contributed by atoms with Crippen LogP contribution in [0.4, 0.5) is 5.69 Å². The van der Waals surface area contributed by atoms with E-state index < -0.39 is 0 Å². The van der Waals surface area contributed by atoms with Gasteiger partial charge in [0.25, 0.3) is 5.91 Å². The number of ether oxygens (including phenoxy) is 3. The van der Waals surface area contributed by atoms with Crippen LogP contribution in [-0.4, -0.2) is 26.7 Å². The maximum Gasteiger partial charge on any atom is 0.262 e. The first-order chi connectivity index (χ1) is 11.6. The van der Waals surface area contributed by atoms with E-state index in [0.717, 1.165) is 23.2 Å². The van der Waals surface area contributed by atoms with Crippen molar-refractivity contribution in [2.24, 2.45) is 0 Å². The van der Waals surface area contributed by atoms with E-state index in [-0.39, 0.29) is 12.5 Å². The average Bonchev–Trinajstić information content (AvgIpc) is 2.59. The molecule has 0 radical (unpaired) electrons. The van der Waals surface area contributed by atoms with Crippen LogP contribution >= 0.6 is 0 Å². The van der Waals surface area contributed by atoms with Gasteiger partial charge < -0.3 is 19.5 Å². The van der Waals surface area contributed by atoms with Gasteiger partial charge in [0.1, 0.15) is 0 Å². The number of methoxy groups -OCH3 is 2. The molecule has 0 bridgehead atoms. The first-order valence-electron chi connectivity index (χ1n) is 7.81. The molecule has 5 nitrogen and oxygen atoms in total. The van der Waals surface area contributed by atoms with Crippen molar-refractivity contribution in [1.29, 1.82) is 0 Å². The van der Waals surface area contributed by atoms with Gasteiger partial charge in [-0.15, -0.1) is 0 Å². The van der Waals surface area contributed by atoms with Crippen molar-refractivity contribution >= 4 is 11.6 Å². The second-order valence-corrected chi connectivity index (χ2v) is 5.39. The molecule has 2 rings (SSSR count). The van der Waals surface area contributed by atoms with Crippen molar-refractivity contribution in [3.8, 4) is 17.2 Å². The first-order valence-corrected chi connectivity index (χ1v) is 7.81. The van der Waals surface area contributed by atoms with Crippen LogP contribution in [-0.2, 0) is 11.2 Å². The summed E-state index contributed by atoms with van der Waals surface area (Å²) in [6.45, 7) is 3.87. The smallest absolute Gasteiger partial charge is 0.262 e. The predicted molar refractivity (Wildman–Crippen MR) is 94.2 cm³/mol. The number of rotatable bonds is 7. The number of amides is 1. The Kier molecular flexibility index (Phi) is 6.07. The third kappa shape index (κ3) is 4.41. The molecule has 5 heteroatoms. The number of benzene rings is 2. The molecule has 2 aromatic carbocycles. The van der Waals surface area contributed by atoms with Crippen molar-refractivity contribution < 1.29 is 19.0 Å². The first kappa shape index (κ1) is 17.7. The van der Waals surface area contributed by atoms with Crippen LogP contribution in [0, 0.1) is 6.92 Å². The third-order valence-corrected chi connectivity index (χ3v) is 3.57. The number of carbonyl (C=O) groups excluding carboxylic acids is 1. The lowest BCUT2D eigenvalue weighted by Crippen LogP contribution is -2.20. The predicted octanol–water partition coefficient (Wildman–Crippen LogP) is 3.59. The van der Waals surface area contributed by atoms with Crippen molar-refractivity contribution in [3.05, 3.63) is 47.5 Å². The van der Waals surface area contributed by atoms with Gasteiger partial charge in [-0.05, 0) is 48.7 Å². The minimum atomic E-state index is -0.243. The highest BCUT2D eigenvalue weighted by molar-refractivity contribution is 5.92. The zero-order valence-corrected chi connectivity index (χ0v) is 14.5. The summed E-state index contributed by atoms with van der Waals surface area (Å²) in [5.41, 5.74) is 2.90. The largest absolute Gasteiger partial charge is 0.493 e. The van der Waals surface area contributed by atoms with E-state index >= 15 is 0 Å². The Hall–Kier alpha value is -2.69. The summed E-state index contributed by atoms with van der Waals surface area (Å²) in [7, 11) is 3.11. The quantitative estimate of drug-likeness (QED) is 0.843. The highest BCUT2D eigenvalue weighted by Crippen LogP contribution is 2.38. The summed E-state index contributed by atoms with van der Waals surface area (Å²) >= 11 is 0. The summed E-state index contributed by atoms with van der Waals surface area (Å²) in [6, 6.07) is 11.4. The normalized spacial score (nSPS) is 10.2.